The first kappa shape index (κ1) is 17.7. The van der Waals surface area contributed by atoms with E-state index in [9.17, 15) is 0 Å². The molecular weight excluding hydrogens is 337 g/mol. The molecule has 124 valence electrons. The summed E-state index contributed by atoms with van der Waals surface area (Å²) < 4.78 is 16.3. The second-order valence-corrected chi connectivity index (χ2v) is 5.59. The van der Waals surface area contributed by atoms with Crippen LogP contribution >= 0.6 is 23.2 Å². The van der Waals surface area contributed by atoms with Gasteiger partial charge in [-0.05, 0) is 36.7 Å². The number of methoxy groups -OCH3 is 3. The quantitative estimate of drug-likeness (QED) is 0.843. The van der Waals surface area contributed by atoms with Gasteiger partial charge in [-0.15, -0.1) is 0 Å². The standard InChI is InChI=1S/C17H19Cl2NO3/c1-21-14-7-5-11(16(22-2)17(14)23-3)10-4-6-13(18)12(8-9-20)15(10)19/h4-7H,8-9,20H2,1-3H3. The summed E-state index contributed by atoms with van der Waals surface area (Å²) in [5, 5.41) is 1.16. The molecule has 0 atom stereocenters. The maximum Gasteiger partial charge on any atom is 0.203 e. The van der Waals surface area contributed by atoms with Gasteiger partial charge >= 0.3 is 0 Å². The van der Waals surface area contributed by atoms with Gasteiger partial charge in [-0.25, -0.2) is 0 Å². The van der Waals surface area contributed by atoms with Gasteiger partial charge in [0.2, 0.25) is 5.75 Å². The molecule has 0 saturated carbocycles. The van der Waals surface area contributed by atoms with Crippen molar-refractivity contribution in [3.63, 3.8) is 0 Å². The van der Waals surface area contributed by atoms with Crippen molar-refractivity contribution in [2.45, 2.75) is 6.42 Å². The molecule has 4 nitrogen and oxygen atoms in total. The van der Waals surface area contributed by atoms with Crippen LogP contribution in [-0.4, -0.2) is 27.9 Å². The molecular formula is C17H19Cl2NO3. The van der Waals surface area contributed by atoms with Crippen molar-refractivity contribution in [1.82, 2.24) is 0 Å². The smallest absolute Gasteiger partial charge is 0.203 e. The second-order valence-electron chi connectivity index (χ2n) is 4.81. The van der Waals surface area contributed by atoms with Crippen molar-refractivity contribution in [1.29, 1.82) is 0 Å². The van der Waals surface area contributed by atoms with Gasteiger partial charge in [-0.3, -0.25) is 0 Å². The third-order valence-electron chi connectivity index (χ3n) is 3.57. The molecule has 0 radical (unpaired) electrons. The van der Waals surface area contributed by atoms with E-state index in [1.807, 2.05) is 24.3 Å². The van der Waals surface area contributed by atoms with Gasteiger partial charge in [0.05, 0.1) is 26.4 Å². The number of halogens is 2. The molecule has 2 rings (SSSR count). The molecule has 2 aromatic rings. The molecule has 0 bridgehead atoms. The van der Waals surface area contributed by atoms with Gasteiger partial charge in [0.25, 0.3) is 0 Å². The van der Waals surface area contributed by atoms with E-state index in [1.54, 1.807) is 21.3 Å². The Morgan fingerprint density at radius 3 is 2.09 bits per heavy atom. The van der Waals surface area contributed by atoms with E-state index in [0.717, 1.165) is 16.7 Å². The normalized spacial score (nSPS) is 10.5. The first-order valence-corrected chi connectivity index (χ1v) is 7.80. The largest absolute Gasteiger partial charge is 0.493 e. The summed E-state index contributed by atoms with van der Waals surface area (Å²) >= 11 is 12.8. The Morgan fingerprint density at radius 1 is 0.870 bits per heavy atom. The number of benzene rings is 2. The summed E-state index contributed by atoms with van der Waals surface area (Å²) in [6.45, 7) is 0.464. The molecule has 0 aliphatic carbocycles. The number of hydrogen-bond acceptors (Lipinski definition) is 4. The number of ether oxygens (including phenoxy) is 3. The lowest BCUT2D eigenvalue weighted by Crippen LogP contribution is -2.04. The topological polar surface area (TPSA) is 53.7 Å². The number of nitrogens with two attached hydrogens (primary N) is 1. The predicted molar refractivity (Wildman–Crippen MR) is 94.3 cm³/mol. The number of rotatable bonds is 6. The van der Waals surface area contributed by atoms with Crippen LogP contribution < -0.4 is 19.9 Å². The van der Waals surface area contributed by atoms with Gasteiger partial charge in [0, 0.05) is 16.1 Å². The first-order chi connectivity index (χ1) is 11.1. The minimum Gasteiger partial charge on any atom is -0.493 e. The number of hydrogen-bond donors (Lipinski definition) is 1. The van der Waals surface area contributed by atoms with E-state index < -0.39 is 0 Å². The second kappa shape index (κ2) is 7.77. The van der Waals surface area contributed by atoms with Crippen LogP contribution in [0.4, 0.5) is 0 Å². The summed E-state index contributed by atoms with van der Waals surface area (Å²) in [6, 6.07) is 7.35. The Morgan fingerprint density at radius 2 is 1.52 bits per heavy atom. The molecule has 0 amide bonds. The zero-order valence-electron chi connectivity index (χ0n) is 13.3. The van der Waals surface area contributed by atoms with E-state index >= 15 is 0 Å². The summed E-state index contributed by atoms with van der Waals surface area (Å²) in [6.07, 6.45) is 0.598. The Labute approximate surface area is 146 Å². The lowest BCUT2D eigenvalue weighted by Gasteiger charge is -2.18. The Balaban J connectivity index is 2.70. The lowest BCUT2D eigenvalue weighted by atomic mass is 9.99. The van der Waals surface area contributed by atoms with Crippen molar-refractivity contribution in [2.24, 2.45) is 5.73 Å². The Hall–Kier alpha value is -1.62. The molecule has 0 aliphatic rings. The molecule has 0 heterocycles. The van der Waals surface area contributed by atoms with E-state index in [-0.39, 0.29) is 0 Å². The summed E-state index contributed by atoms with van der Waals surface area (Å²) in [5.74, 6) is 1.65. The molecule has 0 spiro atoms. The van der Waals surface area contributed by atoms with Crippen molar-refractivity contribution >= 4 is 23.2 Å². The fourth-order valence-electron chi connectivity index (χ4n) is 2.49. The highest BCUT2D eigenvalue weighted by atomic mass is 35.5. The maximum absolute atomic E-state index is 6.56. The third kappa shape index (κ3) is 3.34. The maximum atomic E-state index is 6.56. The van der Waals surface area contributed by atoms with Crippen LogP contribution in [-0.2, 0) is 6.42 Å². The molecule has 0 aromatic heterocycles. The summed E-state index contributed by atoms with van der Waals surface area (Å²) in [5.41, 5.74) is 8.07. The van der Waals surface area contributed by atoms with Crippen LogP contribution in [0.1, 0.15) is 5.56 Å². The fraction of sp³-hybridized carbons (Fsp3) is 0.294. The van der Waals surface area contributed by atoms with Crippen LogP contribution in [0.15, 0.2) is 24.3 Å². The highest BCUT2D eigenvalue weighted by molar-refractivity contribution is 6.38. The molecule has 2 aromatic carbocycles. The predicted octanol–water partition coefficient (Wildman–Crippen LogP) is 4.19. The zero-order chi connectivity index (χ0) is 17.0. The highest BCUT2D eigenvalue weighted by Crippen LogP contribution is 2.47. The van der Waals surface area contributed by atoms with E-state index in [4.69, 9.17) is 43.1 Å². The first-order valence-electron chi connectivity index (χ1n) is 7.05. The molecule has 6 heteroatoms. The van der Waals surface area contributed by atoms with Crippen LogP contribution in [0.25, 0.3) is 11.1 Å². The minimum absolute atomic E-state index is 0.464. The molecule has 2 N–H and O–H groups in total. The van der Waals surface area contributed by atoms with Crippen LogP contribution in [0.3, 0.4) is 0 Å². The van der Waals surface area contributed by atoms with Crippen LogP contribution in [0.5, 0.6) is 17.2 Å². The molecule has 0 fully saturated rings. The van der Waals surface area contributed by atoms with Crippen molar-refractivity contribution < 1.29 is 14.2 Å². The van der Waals surface area contributed by atoms with E-state index in [0.29, 0.717) is 40.3 Å². The van der Waals surface area contributed by atoms with Gasteiger partial charge in [-0.2, -0.15) is 0 Å². The molecule has 0 saturated heterocycles. The zero-order valence-corrected chi connectivity index (χ0v) is 14.8. The Kier molecular flexibility index (Phi) is 5.99. The molecule has 0 aliphatic heterocycles. The van der Waals surface area contributed by atoms with Gasteiger partial charge in [0.1, 0.15) is 0 Å². The van der Waals surface area contributed by atoms with E-state index in [2.05, 4.69) is 0 Å². The van der Waals surface area contributed by atoms with Gasteiger partial charge in [-0.1, -0.05) is 29.3 Å². The SMILES string of the molecule is COc1ccc(-c2ccc(Cl)c(CCN)c2Cl)c(OC)c1OC. The minimum atomic E-state index is 0.464. The monoisotopic (exact) mass is 355 g/mol. The third-order valence-corrected chi connectivity index (χ3v) is 4.36. The molecule has 23 heavy (non-hydrogen) atoms. The lowest BCUT2D eigenvalue weighted by molar-refractivity contribution is 0.325. The van der Waals surface area contributed by atoms with Gasteiger partial charge in [0.15, 0.2) is 11.5 Å². The highest BCUT2D eigenvalue weighted by Gasteiger charge is 2.20. The Bertz CT molecular complexity index is 705. The molecule has 0 unspecified atom stereocenters. The van der Waals surface area contributed by atoms with E-state index in [1.165, 1.54) is 0 Å². The fourth-order valence-corrected chi connectivity index (χ4v) is 3.15. The van der Waals surface area contributed by atoms with Gasteiger partial charge < -0.3 is 19.9 Å². The van der Waals surface area contributed by atoms with Crippen molar-refractivity contribution in [3.8, 4) is 28.4 Å². The van der Waals surface area contributed by atoms with Crippen LogP contribution in [0, 0.1) is 0 Å². The average Bonchev–Trinajstić information content (AvgIpc) is 2.57. The average molecular weight is 356 g/mol. The summed E-state index contributed by atoms with van der Waals surface area (Å²) in [4.78, 5) is 0. The van der Waals surface area contributed by atoms with Crippen molar-refractivity contribution in [2.75, 3.05) is 27.9 Å². The van der Waals surface area contributed by atoms with Crippen molar-refractivity contribution in [3.05, 3.63) is 39.9 Å². The van der Waals surface area contributed by atoms with Crippen LogP contribution in [0.2, 0.25) is 10.0 Å². The summed E-state index contributed by atoms with van der Waals surface area (Å²) in [7, 11) is 4.71.